The smallest absolute Gasteiger partial charge is 0.257 e. The number of hydrogen-bond acceptors (Lipinski definition) is 4. The van der Waals surface area contributed by atoms with Crippen LogP contribution >= 0.6 is 0 Å². The van der Waals surface area contributed by atoms with Gasteiger partial charge in [-0.25, -0.2) is 0 Å². The third-order valence-corrected chi connectivity index (χ3v) is 2.06. The van der Waals surface area contributed by atoms with Gasteiger partial charge in [0.05, 0.1) is 12.6 Å². The van der Waals surface area contributed by atoms with Gasteiger partial charge in [-0.15, -0.1) is 0 Å². The summed E-state index contributed by atoms with van der Waals surface area (Å²) in [5.74, 6) is -0.450. The maximum atomic E-state index is 11.7. The van der Waals surface area contributed by atoms with Crippen LogP contribution in [0.25, 0.3) is 0 Å². The number of pyridine rings is 1. The van der Waals surface area contributed by atoms with E-state index in [4.69, 9.17) is 10.5 Å². The van der Waals surface area contributed by atoms with Crippen molar-refractivity contribution in [3.8, 4) is 0 Å². The molecule has 0 aliphatic heterocycles. The molecule has 88 valence electrons. The summed E-state index contributed by atoms with van der Waals surface area (Å²) in [6.07, 6.45) is 2.83. The number of carbonyl (C=O) groups excluding carboxylic acids is 1. The van der Waals surface area contributed by atoms with Crippen LogP contribution < -0.4 is 16.5 Å². The third kappa shape index (κ3) is 3.18. The number of methoxy groups -OCH3 is 1. The molecule has 0 radical (unpaired) electrons. The van der Waals surface area contributed by atoms with Crippen LogP contribution in [-0.2, 0) is 4.74 Å². The van der Waals surface area contributed by atoms with Crippen LogP contribution in [-0.4, -0.2) is 37.2 Å². The molecule has 0 bridgehead atoms. The van der Waals surface area contributed by atoms with Gasteiger partial charge in [0.15, 0.2) is 5.43 Å². The quantitative estimate of drug-likeness (QED) is 0.603. The van der Waals surface area contributed by atoms with Crippen molar-refractivity contribution in [1.82, 2.24) is 10.3 Å². The number of carbonyl (C=O) groups is 1. The number of aromatic nitrogens is 1. The van der Waals surface area contributed by atoms with E-state index in [1.165, 1.54) is 25.6 Å². The monoisotopic (exact) mass is 225 g/mol. The zero-order valence-corrected chi connectivity index (χ0v) is 9.03. The summed E-state index contributed by atoms with van der Waals surface area (Å²) in [5, 5.41) is 2.62. The predicted octanol–water partition coefficient (Wildman–Crippen LogP) is -0.922. The van der Waals surface area contributed by atoms with E-state index in [9.17, 15) is 9.59 Å². The summed E-state index contributed by atoms with van der Waals surface area (Å²) in [6.45, 7) is 0.567. The summed E-state index contributed by atoms with van der Waals surface area (Å²) in [5.41, 5.74) is 5.18. The predicted molar refractivity (Wildman–Crippen MR) is 59.2 cm³/mol. The molecule has 0 spiro atoms. The Morgan fingerprint density at radius 3 is 3.00 bits per heavy atom. The molecule has 0 saturated heterocycles. The number of aromatic amines is 1. The molecule has 1 aromatic heterocycles. The van der Waals surface area contributed by atoms with Crippen molar-refractivity contribution in [2.45, 2.75) is 6.04 Å². The molecule has 1 amide bonds. The van der Waals surface area contributed by atoms with E-state index < -0.39 is 5.91 Å². The number of amides is 1. The van der Waals surface area contributed by atoms with E-state index in [0.717, 1.165) is 0 Å². The standard InChI is InChI=1S/C10H15N3O3/c1-16-6-7(4-11)13-10(15)8-5-12-3-2-9(8)14/h2-3,5,7H,4,6,11H2,1H3,(H,12,14)(H,13,15). The average Bonchev–Trinajstić information content (AvgIpc) is 2.28. The Hall–Kier alpha value is -1.66. The molecule has 0 fully saturated rings. The maximum absolute atomic E-state index is 11.7. The van der Waals surface area contributed by atoms with Crippen LogP contribution in [0.2, 0.25) is 0 Å². The molecule has 4 N–H and O–H groups in total. The Kier molecular flexibility index (Phi) is 4.68. The summed E-state index contributed by atoms with van der Waals surface area (Å²) < 4.78 is 4.88. The molecule has 16 heavy (non-hydrogen) atoms. The van der Waals surface area contributed by atoms with Gasteiger partial charge < -0.3 is 20.8 Å². The molecule has 1 unspecified atom stereocenters. The molecular weight excluding hydrogens is 210 g/mol. The Labute approximate surface area is 92.8 Å². The third-order valence-electron chi connectivity index (χ3n) is 2.06. The zero-order chi connectivity index (χ0) is 12.0. The number of ether oxygens (including phenoxy) is 1. The highest BCUT2D eigenvalue weighted by atomic mass is 16.5. The molecule has 1 rings (SSSR count). The highest BCUT2D eigenvalue weighted by molar-refractivity contribution is 5.93. The molecular formula is C10H15N3O3. The fourth-order valence-electron chi connectivity index (χ4n) is 1.23. The fourth-order valence-corrected chi connectivity index (χ4v) is 1.23. The lowest BCUT2D eigenvalue weighted by molar-refractivity contribution is 0.0899. The van der Waals surface area contributed by atoms with Crippen LogP contribution in [0, 0.1) is 0 Å². The fraction of sp³-hybridized carbons (Fsp3) is 0.400. The van der Waals surface area contributed by atoms with Crippen molar-refractivity contribution in [3.63, 3.8) is 0 Å². The molecule has 1 atom stereocenters. The Morgan fingerprint density at radius 1 is 1.69 bits per heavy atom. The Bertz CT molecular complexity index is 402. The first-order valence-corrected chi connectivity index (χ1v) is 4.86. The van der Waals surface area contributed by atoms with E-state index in [1.54, 1.807) is 0 Å². The second-order valence-corrected chi connectivity index (χ2v) is 3.28. The van der Waals surface area contributed by atoms with E-state index in [0.29, 0.717) is 6.61 Å². The molecule has 1 aromatic rings. The minimum absolute atomic E-state index is 0.0667. The SMILES string of the molecule is COCC(CN)NC(=O)c1c[nH]ccc1=O. The van der Waals surface area contributed by atoms with Gasteiger partial charge in [0.25, 0.3) is 5.91 Å². The van der Waals surface area contributed by atoms with E-state index in [1.807, 2.05) is 0 Å². The van der Waals surface area contributed by atoms with Crippen molar-refractivity contribution in [2.75, 3.05) is 20.3 Å². The normalized spacial score (nSPS) is 12.1. The summed E-state index contributed by atoms with van der Waals surface area (Å²) in [6, 6.07) is 1.000. The first-order valence-electron chi connectivity index (χ1n) is 4.86. The topological polar surface area (TPSA) is 97.2 Å². The largest absolute Gasteiger partial charge is 0.383 e. The Balaban J connectivity index is 2.72. The highest BCUT2D eigenvalue weighted by Gasteiger charge is 2.14. The van der Waals surface area contributed by atoms with Gasteiger partial charge in [0.1, 0.15) is 5.56 Å². The van der Waals surface area contributed by atoms with Gasteiger partial charge in [0.2, 0.25) is 0 Å². The minimum Gasteiger partial charge on any atom is -0.383 e. The van der Waals surface area contributed by atoms with Gasteiger partial charge in [-0.2, -0.15) is 0 Å². The van der Waals surface area contributed by atoms with Crippen LogP contribution in [0.1, 0.15) is 10.4 Å². The number of nitrogens with one attached hydrogen (secondary N) is 2. The number of rotatable bonds is 5. The molecule has 0 aromatic carbocycles. The molecule has 6 heteroatoms. The van der Waals surface area contributed by atoms with Crippen LogP contribution in [0.3, 0.4) is 0 Å². The molecule has 1 heterocycles. The first-order chi connectivity index (χ1) is 7.69. The van der Waals surface area contributed by atoms with Gasteiger partial charge in [-0.05, 0) is 0 Å². The molecule has 0 aliphatic rings. The van der Waals surface area contributed by atoms with Crippen LogP contribution in [0.4, 0.5) is 0 Å². The molecule has 6 nitrogen and oxygen atoms in total. The van der Waals surface area contributed by atoms with Gasteiger partial charge in [-0.3, -0.25) is 9.59 Å². The van der Waals surface area contributed by atoms with Gasteiger partial charge in [-0.1, -0.05) is 0 Å². The van der Waals surface area contributed by atoms with Crippen molar-refractivity contribution in [2.24, 2.45) is 5.73 Å². The number of nitrogens with two attached hydrogens (primary N) is 1. The summed E-state index contributed by atoms with van der Waals surface area (Å²) in [7, 11) is 1.52. The first kappa shape index (κ1) is 12.4. The second kappa shape index (κ2) is 6.04. The average molecular weight is 225 g/mol. The number of H-pyrrole nitrogens is 1. The van der Waals surface area contributed by atoms with E-state index >= 15 is 0 Å². The minimum atomic E-state index is -0.450. The molecule has 0 aliphatic carbocycles. The van der Waals surface area contributed by atoms with E-state index in [2.05, 4.69) is 10.3 Å². The second-order valence-electron chi connectivity index (χ2n) is 3.28. The lowest BCUT2D eigenvalue weighted by Crippen LogP contribution is -2.44. The lowest BCUT2D eigenvalue weighted by atomic mass is 10.2. The van der Waals surface area contributed by atoms with Crippen molar-refractivity contribution >= 4 is 5.91 Å². The number of hydrogen-bond donors (Lipinski definition) is 3. The van der Waals surface area contributed by atoms with Crippen molar-refractivity contribution in [3.05, 3.63) is 34.2 Å². The van der Waals surface area contributed by atoms with Gasteiger partial charge >= 0.3 is 0 Å². The highest BCUT2D eigenvalue weighted by Crippen LogP contribution is 1.90. The van der Waals surface area contributed by atoms with Crippen molar-refractivity contribution in [1.29, 1.82) is 0 Å². The molecule has 0 saturated carbocycles. The Morgan fingerprint density at radius 2 is 2.44 bits per heavy atom. The lowest BCUT2D eigenvalue weighted by Gasteiger charge is -2.15. The van der Waals surface area contributed by atoms with Crippen molar-refractivity contribution < 1.29 is 9.53 Å². The van der Waals surface area contributed by atoms with Crippen LogP contribution in [0.15, 0.2) is 23.3 Å². The maximum Gasteiger partial charge on any atom is 0.257 e. The summed E-state index contributed by atoms with van der Waals surface area (Å²) in [4.78, 5) is 25.7. The summed E-state index contributed by atoms with van der Waals surface area (Å²) >= 11 is 0. The van der Waals surface area contributed by atoms with Crippen LogP contribution in [0.5, 0.6) is 0 Å². The zero-order valence-electron chi connectivity index (χ0n) is 9.03. The van der Waals surface area contributed by atoms with E-state index in [-0.39, 0.29) is 23.6 Å². The van der Waals surface area contributed by atoms with Gasteiger partial charge in [0, 0.05) is 32.1 Å².